The van der Waals surface area contributed by atoms with Crippen LogP contribution in [0, 0.1) is 22.7 Å². The third kappa shape index (κ3) is 12.6. The zero-order valence-electron chi connectivity index (χ0n) is 46.5. The molecule has 0 radical (unpaired) electrons. The van der Waals surface area contributed by atoms with Crippen molar-refractivity contribution < 1.29 is 107 Å². The molecule has 7 aliphatic rings. The quantitative estimate of drug-likeness (QED) is 0.0853. The predicted molar refractivity (Wildman–Crippen MR) is 275 cm³/mol. The van der Waals surface area contributed by atoms with Gasteiger partial charge in [-0.1, -0.05) is 37.3 Å². The number of fused-ring (bicyclic) bond motifs is 1. The summed E-state index contributed by atoms with van der Waals surface area (Å²) in [7, 11) is 4.43. The lowest BCUT2D eigenvalue weighted by atomic mass is 9.52. The van der Waals surface area contributed by atoms with Crippen LogP contribution >= 0.6 is 0 Å². The molecule has 6 N–H and O–H groups in total. The van der Waals surface area contributed by atoms with E-state index in [-0.39, 0.29) is 62.3 Å². The van der Waals surface area contributed by atoms with E-state index in [0.717, 1.165) is 5.56 Å². The fourth-order valence-electron chi connectivity index (χ4n) is 13.3. The summed E-state index contributed by atoms with van der Waals surface area (Å²) in [5.41, 5.74) is -3.65. The highest BCUT2D eigenvalue weighted by molar-refractivity contribution is 5.97. The van der Waals surface area contributed by atoms with Gasteiger partial charge in [0.2, 0.25) is 0 Å². The number of ether oxygens (including phenoxy) is 12. The minimum absolute atomic E-state index is 0.0919. The monoisotopic (exact) mass is 1120 g/mol. The molecule has 22 nitrogen and oxygen atoms in total. The number of ketones is 3. The molecule has 22 heteroatoms. The molecular weight excluding hydrogens is 1040 g/mol. The number of esters is 1. The summed E-state index contributed by atoms with van der Waals surface area (Å²) in [5, 5.41) is 68.5. The van der Waals surface area contributed by atoms with E-state index in [0.29, 0.717) is 6.42 Å². The van der Waals surface area contributed by atoms with Crippen molar-refractivity contribution in [2.75, 3.05) is 27.9 Å². The number of methoxy groups -OCH3 is 3. The fourth-order valence-corrected chi connectivity index (χ4v) is 13.3. The maximum absolute atomic E-state index is 14.0. The Morgan fingerprint density at radius 3 is 2.05 bits per heavy atom. The van der Waals surface area contributed by atoms with Gasteiger partial charge in [0.25, 0.3) is 0 Å². The number of benzene rings is 1. The Hall–Kier alpha value is -3.50. The summed E-state index contributed by atoms with van der Waals surface area (Å²) < 4.78 is 72.7. The number of carbonyl (C=O) groups excluding carboxylic acids is 4. The number of Topliss-reactive ketones (excluding diaryl/α,β-unsaturated/α-hetero) is 2. The third-order valence-corrected chi connectivity index (χ3v) is 18.2. The van der Waals surface area contributed by atoms with Crippen LogP contribution < -0.4 is 0 Å². The van der Waals surface area contributed by atoms with Gasteiger partial charge in [-0.3, -0.25) is 14.4 Å². The van der Waals surface area contributed by atoms with Crippen molar-refractivity contribution in [1.29, 1.82) is 0 Å². The van der Waals surface area contributed by atoms with Crippen molar-refractivity contribution >= 4 is 29.4 Å². The van der Waals surface area contributed by atoms with E-state index in [1.54, 1.807) is 52.8 Å². The van der Waals surface area contributed by atoms with E-state index < -0.39 is 164 Å². The first-order chi connectivity index (χ1) is 37.5. The number of aliphatic hydroxyl groups is 6. The molecule has 4 aliphatic heterocycles. The molecule has 1 aromatic carbocycles. The summed E-state index contributed by atoms with van der Waals surface area (Å²) in [6, 6.07) is 9.05. The Kier molecular flexibility index (Phi) is 19.9. The van der Waals surface area contributed by atoms with Gasteiger partial charge in [0, 0.05) is 70.3 Å². The van der Waals surface area contributed by atoms with E-state index in [9.17, 15) is 49.8 Å². The molecule has 0 amide bonds. The Bertz CT molecular complexity index is 2320. The van der Waals surface area contributed by atoms with Crippen LogP contribution in [0.15, 0.2) is 48.6 Å². The minimum atomic E-state index is -1.78. The molecule has 4 heterocycles. The maximum Gasteiger partial charge on any atom is 0.331 e. The second-order valence-corrected chi connectivity index (χ2v) is 22.9. The summed E-state index contributed by atoms with van der Waals surface area (Å²) in [4.78, 5) is 54.4. The van der Waals surface area contributed by atoms with Crippen LogP contribution in [-0.2, 0) is 76.0 Å². The lowest BCUT2D eigenvalue weighted by Crippen LogP contribution is -2.65. The summed E-state index contributed by atoms with van der Waals surface area (Å²) in [6.45, 7) is 9.24. The van der Waals surface area contributed by atoms with E-state index in [4.69, 9.17) is 56.8 Å². The Labute approximate surface area is 460 Å². The summed E-state index contributed by atoms with van der Waals surface area (Å²) in [6.07, 6.45) is -14.4. The Balaban J connectivity index is 0.893. The van der Waals surface area contributed by atoms with Crippen LogP contribution in [0.3, 0.4) is 0 Å². The normalized spacial score (nSPS) is 45.1. The molecule has 8 rings (SSSR count). The highest BCUT2D eigenvalue weighted by Crippen LogP contribution is 2.57. The zero-order chi connectivity index (χ0) is 57.3. The van der Waals surface area contributed by atoms with Crippen molar-refractivity contribution in [3.05, 3.63) is 54.1 Å². The van der Waals surface area contributed by atoms with Gasteiger partial charge >= 0.3 is 5.97 Å². The smallest absolute Gasteiger partial charge is 0.331 e. The first-order valence-electron chi connectivity index (χ1n) is 27.6. The van der Waals surface area contributed by atoms with Crippen molar-refractivity contribution in [3.8, 4) is 0 Å². The molecule has 25 atom stereocenters. The molecule has 6 fully saturated rings. The van der Waals surface area contributed by atoms with Gasteiger partial charge in [0.15, 0.2) is 30.9 Å². The molecule has 3 aliphatic carbocycles. The highest BCUT2D eigenvalue weighted by Gasteiger charge is 2.62. The Morgan fingerprint density at radius 1 is 0.747 bits per heavy atom. The number of hydrogen-bond acceptors (Lipinski definition) is 22. The molecule has 0 unspecified atom stereocenters. The Morgan fingerprint density at radius 2 is 1.39 bits per heavy atom. The second kappa shape index (κ2) is 25.6. The van der Waals surface area contributed by atoms with Gasteiger partial charge in [-0.05, 0) is 84.1 Å². The molecule has 0 spiro atoms. The number of rotatable bonds is 19. The molecule has 442 valence electrons. The lowest BCUT2D eigenvalue weighted by molar-refractivity contribution is -0.375. The standard InChI is InChI=1S/C57H82O22/c1-28(59)34-16-17-40(61)56(34,6)41(76-42(62)18-15-32-13-11-10-12-14-32)23-35-36(60)20-22-57(67)26-33(19-21-55(35,57)5)74-53-47(65)46(64)51(39(27-58)75-53)79-54-48(66)52(70-9)50(31(4)73-54)78-44-25-38(69-8)49(30(3)72-44)77-43-24-37(68-7)45(63)29(2)71-43/h10-15,18,20,22,29-31,33-35,37-39,41,43-54,58,63-67H,16-17,19,21,23-27H2,1-9H3/b18-15+/t29-,30-,31+,33+,34-,35+,37+,38+,39-,41+,43+,44+,45-,46-,47-,48+,49-,50+,51-,52+,53-,54+,55-,56-,57+/m1/s1. The summed E-state index contributed by atoms with van der Waals surface area (Å²) >= 11 is 0. The second-order valence-electron chi connectivity index (χ2n) is 22.9. The molecular formula is C57H82O22. The molecule has 2 saturated carbocycles. The van der Waals surface area contributed by atoms with Crippen LogP contribution in [0.5, 0.6) is 0 Å². The van der Waals surface area contributed by atoms with Crippen LogP contribution in [0.4, 0.5) is 0 Å². The average molecular weight is 1120 g/mol. The van der Waals surface area contributed by atoms with E-state index in [1.165, 1.54) is 46.5 Å². The van der Waals surface area contributed by atoms with Gasteiger partial charge in [0.05, 0.1) is 54.2 Å². The van der Waals surface area contributed by atoms with Gasteiger partial charge in [-0.25, -0.2) is 4.79 Å². The predicted octanol–water partition coefficient (Wildman–Crippen LogP) is 2.01. The average Bonchev–Trinajstić information content (AvgIpc) is 3.88. The molecule has 0 aromatic heterocycles. The van der Waals surface area contributed by atoms with Gasteiger partial charge in [-0.15, -0.1) is 0 Å². The molecule has 0 bridgehead atoms. The minimum Gasteiger partial charge on any atom is -0.458 e. The van der Waals surface area contributed by atoms with Crippen molar-refractivity contribution in [1.82, 2.24) is 0 Å². The molecule has 4 saturated heterocycles. The maximum atomic E-state index is 14.0. The fraction of sp³-hybridized carbons (Fsp3) is 0.754. The number of allylic oxidation sites excluding steroid dienone is 1. The molecule has 79 heavy (non-hydrogen) atoms. The van der Waals surface area contributed by atoms with Crippen LogP contribution in [0.1, 0.15) is 98.5 Å². The first-order valence-corrected chi connectivity index (χ1v) is 27.6. The van der Waals surface area contributed by atoms with Crippen LogP contribution in [0.25, 0.3) is 6.08 Å². The topological polar surface area (TPSA) is 300 Å². The van der Waals surface area contributed by atoms with Crippen LogP contribution in [0.2, 0.25) is 0 Å². The van der Waals surface area contributed by atoms with Gasteiger partial charge in [-0.2, -0.15) is 0 Å². The van der Waals surface area contributed by atoms with Crippen molar-refractivity contribution in [2.24, 2.45) is 22.7 Å². The van der Waals surface area contributed by atoms with E-state index >= 15 is 0 Å². The number of hydrogen-bond donors (Lipinski definition) is 6. The highest BCUT2D eigenvalue weighted by atomic mass is 16.8. The third-order valence-electron chi connectivity index (χ3n) is 18.2. The van der Waals surface area contributed by atoms with Crippen molar-refractivity contribution in [2.45, 2.75) is 221 Å². The molecule has 1 aromatic rings. The SMILES string of the molecule is CO[C@H]1[C@H](O)[C@H](O[C@H]2[C@H](O)[C@@H](O)[C@H](O[C@H]3CC[C@]4(C)[C@@H](C[C@H](OC(=O)/C=C/c5ccccc5)[C@@]5(C)C(=O)CC[C@@H]5C(C)=O)C(=O)C=C[C@]4(O)C3)O[C@@H]2CO)O[C@@H](C)[C@@H]1O[C@H]1C[C@H](OC)[C@H](O[C@H]2C[C@H](OC)[C@H](O)[C@@H](C)O2)[C@@H](C)O1. The number of carbonyl (C=O) groups is 4. The van der Waals surface area contributed by atoms with Gasteiger partial charge in [0.1, 0.15) is 72.6 Å². The van der Waals surface area contributed by atoms with E-state index in [1.807, 2.05) is 18.2 Å². The zero-order valence-corrected chi connectivity index (χ0v) is 46.5. The van der Waals surface area contributed by atoms with Gasteiger partial charge < -0.3 is 87.5 Å². The lowest BCUT2D eigenvalue weighted by Gasteiger charge is -2.55. The number of aliphatic hydroxyl groups excluding tert-OH is 5. The first kappa shape index (κ1) is 61.6. The van der Waals surface area contributed by atoms with Crippen molar-refractivity contribution in [3.63, 3.8) is 0 Å². The van der Waals surface area contributed by atoms with E-state index in [2.05, 4.69) is 0 Å². The van der Waals surface area contributed by atoms with Crippen LogP contribution in [-0.4, -0.2) is 210 Å². The largest absolute Gasteiger partial charge is 0.458 e. The summed E-state index contributed by atoms with van der Waals surface area (Å²) in [5.74, 6) is -3.38.